The van der Waals surface area contributed by atoms with Crippen LogP contribution in [-0.2, 0) is 0 Å². The Hall–Kier alpha value is 0. The fraction of sp³-hybridized carbons (Fsp3) is 0.857. The third-order valence-electron chi connectivity index (χ3n) is 1.53. The maximum absolute atomic E-state index is 7.42. The van der Waals surface area contributed by atoms with Crippen LogP contribution in [0, 0.1) is 12.8 Å². The first-order valence-electron chi connectivity index (χ1n) is 3.64. The van der Waals surface area contributed by atoms with E-state index in [4.69, 9.17) is 1.37 Å². The Morgan fingerprint density at radius 2 is 2.29 bits per heavy atom. The summed E-state index contributed by atoms with van der Waals surface area (Å²) in [7, 11) is 0. The van der Waals surface area contributed by atoms with Gasteiger partial charge in [-0.05, 0) is 5.92 Å². The SMILES string of the molecule is [2H]C1CCCCC1[CH2]. The fourth-order valence-electron chi connectivity index (χ4n) is 1.02. The Balaban J connectivity index is 2.28. The second-order valence-corrected chi connectivity index (χ2v) is 2.28. The quantitative estimate of drug-likeness (QED) is 0.436. The van der Waals surface area contributed by atoms with Gasteiger partial charge in [0.05, 0.1) is 0 Å². The molecule has 2 unspecified atom stereocenters. The molecule has 2 atom stereocenters. The topological polar surface area (TPSA) is 0 Å². The summed E-state index contributed by atoms with van der Waals surface area (Å²) in [6.45, 7) is 3.89. The van der Waals surface area contributed by atoms with Gasteiger partial charge in [-0.3, -0.25) is 0 Å². The average Bonchev–Trinajstić information content (AvgIpc) is 1.77. The summed E-state index contributed by atoms with van der Waals surface area (Å²) in [5, 5.41) is 0. The smallest absolute Gasteiger partial charge is 0.0269 e. The molecule has 1 aliphatic rings. The summed E-state index contributed by atoms with van der Waals surface area (Å²) in [5.41, 5.74) is 0. The van der Waals surface area contributed by atoms with Gasteiger partial charge in [-0.2, -0.15) is 0 Å². The lowest BCUT2D eigenvalue weighted by molar-refractivity contribution is 0.417. The summed E-state index contributed by atoms with van der Waals surface area (Å²) >= 11 is 0. The van der Waals surface area contributed by atoms with Gasteiger partial charge in [0.2, 0.25) is 0 Å². The molecule has 0 bridgehead atoms. The van der Waals surface area contributed by atoms with Crippen LogP contribution >= 0.6 is 0 Å². The van der Waals surface area contributed by atoms with Crippen molar-refractivity contribution in [3.63, 3.8) is 0 Å². The molecule has 1 radical (unpaired) electrons. The van der Waals surface area contributed by atoms with Crippen molar-refractivity contribution in [1.82, 2.24) is 0 Å². The van der Waals surface area contributed by atoms with Crippen LogP contribution in [0.2, 0.25) is 0 Å². The molecule has 41 valence electrons. The van der Waals surface area contributed by atoms with Gasteiger partial charge in [0, 0.05) is 1.37 Å². The van der Waals surface area contributed by atoms with E-state index in [0.29, 0.717) is 5.92 Å². The zero-order chi connectivity index (χ0) is 5.98. The molecule has 1 fully saturated rings. The first kappa shape index (κ1) is 3.94. The Kier molecular flexibility index (Phi) is 1.32. The minimum absolute atomic E-state index is 0.142. The van der Waals surface area contributed by atoms with Crippen molar-refractivity contribution in [1.29, 1.82) is 0 Å². The number of hydrogen-bond donors (Lipinski definition) is 0. The lowest BCUT2D eigenvalue weighted by Crippen LogP contribution is -2.00. The van der Waals surface area contributed by atoms with Crippen molar-refractivity contribution in [2.45, 2.75) is 32.1 Å². The van der Waals surface area contributed by atoms with E-state index in [1.807, 2.05) is 0 Å². The van der Waals surface area contributed by atoms with Gasteiger partial charge >= 0.3 is 0 Å². The molecule has 0 N–H and O–H groups in total. The van der Waals surface area contributed by atoms with Crippen LogP contribution in [-0.4, -0.2) is 0 Å². The summed E-state index contributed by atoms with van der Waals surface area (Å²) in [5.74, 6) is 0.420. The standard InChI is InChI=1S/C7H13/c1-7-5-3-2-4-6-7/h7H,1-6H2/i5D. The maximum Gasteiger partial charge on any atom is 0.0269 e. The molecule has 0 saturated heterocycles. The molecular formula is C7H13. The van der Waals surface area contributed by atoms with Crippen molar-refractivity contribution >= 4 is 0 Å². The van der Waals surface area contributed by atoms with Crippen LogP contribution < -0.4 is 0 Å². The van der Waals surface area contributed by atoms with E-state index < -0.39 is 0 Å². The third kappa shape index (κ3) is 1.50. The number of rotatable bonds is 0. The van der Waals surface area contributed by atoms with Crippen LogP contribution in [0.5, 0.6) is 0 Å². The first-order chi connectivity index (χ1) is 3.80. The summed E-state index contributed by atoms with van der Waals surface area (Å²) < 4.78 is 7.42. The van der Waals surface area contributed by atoms with E-state index in [-0.39, 0.29) is 6.40 Å². The third-order valence-corrected chi connectivity index (χ3v) is 1.53. The molecule has 7 heavy (non-hydrogen) atoms. The minimum atomic E-state index is 0.142. The Morgan fingerprint density at radius 1 is 1.43 bits per heavy atom. The van der Waals surface area contributed by atoms with Crippen LogP contribution in [0.25, 0.3) is 0 Å². The molecule has 1 aliphatic carbocycles. The Labute approximate surface area is 47.3 Å². The second-order valence-electron chi connectivity index (χ2n) is 2.28. The Bertz CT molecular complexity index is 60.8. The summed E-state index contributed by atoms with van der Waals surface area (Å²) in [4.78, 5) is 0. The monoisotopic (exact) mass is 98.1 g/mol. The van der Waals surface area contributed by atoms with Crippen LogP contribution in [0.4, 0.5) is 0 Å². The molecule has 0 nitrogen and oxygen atoms in total. The molecule has 0 aromatic heterocycles. The van der Waals surface area contributed by atoms with E-state index in [0.717, 1.165) is 6.42 Å². The highest BCUT2D eigenvalue weighted by Crippen LogP contribution is 2.21. The molecule has 0 heterocycles. The Morgan fingerprint density at radius 3 is 2.71 bits per heavy atom. The van der Waals surface area contributed by atoms with Crippen molar-refractivity contribution in [3.8, 4) is 0 Å². The highest BCUT2D eigenvalue weighted by Gasteiger charge is 2.06. The molecular weight excluding hydrogens is 84.1 g/mol. The predicted molar refractivity (Wildman–Crippen MR) is 31.9 cm³/mol. The van der Waals surface area contributed by atoms with Gasteiger partial charge in [0.25, 0.3) is 0 Å². The van der Waals surface area contributed by atoms with Gasteiger partial charge in [-0.25, -0.2) is 0 Å². The molecule has 1 saturated carbocycles. The molecule has 0 amide bonds. The summed E-state index contributed by atoms with van der Waals surface area (Å²) in [6, 6.07) is 0. The van der Waals surface area contributed by atoms with Gasteiger partial charge in [0.15, 0.2) is 0 Å². The number of hydrogen-bond acceptors (Lipinski definition) is 0. The minimum Gasteiger partial charge on any atom is -0.0533 e. The van der Waals surface area contributed by atoms with Gasteiger partial charge in [-0.15, -0.1) is 0 Å². The van der Waals surface area contributed by atoms with Crippen molar-refractivity contribution in [2.24, 2.45) is 5.92 Å². The largest absolute Gasteiger partial charge is 0.0533 e. The maximum atomic E-state index is 7.42. The molecule has 0 aliphatic heterocycles. The van der Waals surface area contributed by atoms with Crippen LogP contribution in [0.1, 0.15) is 33.5 Å². The van der Waals surface area contributed by atoms with E-state index >= 15 is 0 Å². The van der Waals surface area contributed by atoms with E-state index in [1.165, 1.54) is 19.3 Å². The average molecular weight is 98.2 g/mol. The van der Waals surface area contributed by atoms with E-state index in [1.54, 1.807) is 0 Å². The molecule has 1 rings (SSSR count). The summed E-state index contributed by atoms with van der Waals surface area (Å²) in [6.07, 6.45) is 4.94. The highest BCUT2D eigenvalue weighted by molar-refractivity contribution is 4.65. The van der Waals surface area contributed by atoms with Gasteiger partial charge in [0.1, 0.15) is 0 Å². The fourth-order valence-corrected chi connectivity index (χ4v) is 1.02. The van der Waals surface area contributed by atoms with Crippen molar-refractivity contribution in [2.75, 3.05) is 0 Å². The van der Waals surface area contributed by atoms with E-state index in [9.17, 15) is 0 Å². The lowest BCUT2D eigenvalue weighted by atomic mass is 9.91. The normalized spacial score (nSPS) is 45.6. The first-order valence-corrected chi connectivity index (χ1v) is 3.06. The second kappa shape index (κ2) is 2.34. The zero-order valence-corrected chi connectivity index (χ0v) is 4.69. The molecule has 0 aromatic carbocycles. The predicted octanol–water partition coefficient (Wildman–Crippen LogP) is 2.40. The zero-order valence-electron chi connectivity index (χ0n) is 5.69. The van der Waals surface area contributed by atoms with Crippen LogP contribution in [0.15, 0.2) is 0 Å². The van der Waals surface area contributed by atoms with E-state index in [2.05, 4.69) is 6.92 Å². The van der Waals surface area contributed by atoms with Gasteiger partial charge < -0.3 is 0 Å². The van der Waals surface area contributed by atoms with Crippen molar-refractivity contribution in [3.05, 3.63) is 6.92 Å². The van der Waals surface area contributed by atoms with Crippen LogP contribution in [0.3, 0.4) is 0 Å². The van der Waals surface area contributed by atoms with Crippen molar-refractivity contribution < 1.29 is 1.37 Å². The molecule has 0 aromatic rings. The van der Waals surface area contributed by atoms with Gasteiger partial charge in [-0.1, -0.05) is 39.0 Å². The highest BCUT2D eigenvalue weighted by atomic mass is 14.1. The lowest BCUT2D eigenvalue weighted by Gasteiger charge is -2.15. The molecule has 0 heteroatoms. The molecule has 0 spiro atoms.